The maximum absolute atomic E-state index is 12.4. The number of hydrogen-bond donors (Lipinski definition) is 2. The third-order valence-corrected chi connectivity index (χ3v) is 4.71. The number of carbonyl (C=O) groups excluding carboxylic acids is 1. The second kappa shape index (κ2) is 7.66. The van der Waals surface area contributed by atoms with Crippen LogP contribution >= 0.6 is 11.6 Å². The number of rotatable bonds is 4. The summed E-state index contributed by atoms with van der Waals surface area (Å²) in [6.07, 6.45) is 0. The third-order valence-electron chi connectivity index (χ3n) is 4.45. The highest BCUT2D eigenvalue weighted by atomic mass is 35.5. The summed E-state index contributed by atoms with van der Waals surface area (Å²) in [4.78, 5) is 12.4. The summed E-state index contributed by atoms with van der Waals surface area (Å²) in [5.74, 6) is -0.354. The van der Waals surface area contributed by atoms with Gasteiger partial charge >= 0.3 is 0 Å². The molecule has 0 saturated carbocycles. The molecule has 4 rings (SSSR count). The number of amides is 1. The quantitative estimate of drug-likeness (QED) is 0.380. The fraction of sp³-hybridized carbons (Fsp3) is 0.0455. The zero-order valence-corrected chi connectivity index (χ0v) is 15.9. The van der Waals surface area contributed by atoms with Gasteiger partial charge in [0.15, 0.2) is 0 Å². The van der Waals surface area contributed by atoms with Gasteiger partial charge in [-0.2, -0.15) is 10.2 Å². The predicted molar refractivity (Wildman–Crippen MR) is 113 cm³/mol. The molecule has 2 N–H and O–H groups in total. The molecular weight excluding hydrogens is 372 g/mol. The monoisotopic (exact) mass is 388 g/mol. The van der Waals surface area contributed by atoms with Crippen molar-refractivity contribution in [2.24, 2.45) is 5.10 Å². The Morgan fingerprint density at radius 1 is 1.00 bits per heavy atom. The molecule has 0 spiro atoms. The standard InChI is InChI=1S/C22H17ClN4O/c1-14(17-7-6-15-4-2-3-5-18(15)12-17)24-27-22(28)21-13-20(25-26-21)16-8-10-19(23)11-9-16/h2-13H,1H3,(H,25,26)(H,27,28)/b24-14+. The lowest BCUT2D eigenvalue weighted by Crippen LogP contribution is -2.19. The van der Waals surface area contributed by atoms with Crippen molar-refractivity contribution >= 4 is 34.0 Å². The molecule has 1 heterocycles. The molecule has 1 aromatic heterocycles. The number of H-pyrrole nitrogens is 1. The Morgan fingerprint density at radius 2 is 1.75 bits per heavy atom. The van der Waals surface area contributed by atoms with E-state index in [0.29, 0.717) is 16.4 Å². The fourth-order valence-corrected chi connectivity index (χ4v) is 3.01. The van der Waals surface area contributed by atoms with Gasteiger partial charge < -0.3 is 0 Å². The van der Waals surface area contributed by atoms with E-state index in [4.69, 9.17) is 11.6 Å². The van der Waals surface area contributed by atoms with E-state index in [1.54, 1.807) is 18.2 Å². The molecule has 0 bridgehead atoms. The van der Waals surface area contributed by atoms with Crippen LogP contribution in [0.1, 0.15) is 23.0 Å². The molecule has 0 atom stereocenters. The first-order valence-electron chi connectivity index (χ1n) is 8.75. The Hall–Kier alpha value is -3.44. The number of fused-ring (bicyclic) bond motifs is 1. The smallest absolute Gasteiger partial charge is 0.272 e. The SMILES string of the molecule is C/C(=N\NC(=O)c1cc(-c2ccc(Cl)cc2)n[nH]1)c1ccc2ccccc2c1. The van der Waals surface area contributed by atoms with Crippen LogP contribution in [-0.4, -0.2) is 21.8 Å². The van der Waals surface area contributed by atoms with Crippen molar-refractivity contribution in [3.8, 4) is 11.3 Å². The van der Waals surface area contributed by atoms with E-state index >= 15 is 0 Å². The highest BCUT2D eigenvalue weighted by molar-refractivity contribution is 6.30. The van der Waals surface area contributed by atoms with Crippen molar-refractivity contribution in [1.82, 2.24) is 15.6 Å². The van der Waals surface area contributed by atoms with Crippen LogP contribution in [0.4, 0.5) is 0 Å². The van der Waals surface area contributed by atoms with Gasteiger partial charge in [0.2, 0.25) is 0 Å². The molecule has 5 nitrogen and oxygen atoms in total. The molecule has 0 aliphatic heterocycles. The molecule has 3 aromatic carbocycles. The minimum atomic E-state index is -0.354. The number of hydrogen-bond acceptors (Lipinski definition) is 3. The Balaban J connectivity index is 1.49. The summed E-state index contributed by atoms with van der Waals surface area (Å²) < 4.78 is 0. The van der Waals surface area contributed by atoms with Crippen LogP contribution < -0.4 is 5.43 Å². The average Bonchev–Trinajstić information content (AvgIpc) is 3.22. The number of benzene rings is 3. The van der Waals surface area contributed by atoms with Crippen LogP contribution in [0.5, 0.6) is 0 Å². The summed E-state index contributed by atoms with van der Waals surface area (Å²) in [5, 5.41) is 14.1. The van der Waals surface area contributed by atoms with Crippen LogP contribution in [-0.2, 0) is 0 Å². The van der Waals surface area contributed by atoms with Gasteiger partial charge in [0.25, 0.3) is 5.91 Å². The van der Waals surface area contributed by atoms with Crippen LogP contribution in [0.25, 0.3) is 22.0 Å². The number of aromatic amines is 1. The van der Waals surface area contributed by atoms with Gasteiger partial charge in [0.05, 0.1) is 11.4 Å². The zero-order chi connectivity index (χ0) is 19.5. The molecule has 0 unspecified atom stereocenters. The number of nitrogens with zero attached hydrogens (tertiary/aromatic N) is 2. The Kier molecular flexibility index (Phi) is 4.91. The van der Waals surface area contributed by atoms with Gasteiger partial charge in [-0.15, -0.1) is 0 Å². The van der Waals surface area contributed by atoms with Crippen molar-refractivity contribution in [2.45, 2.75) is 6.92 Å². The molecule has 0 radical (unpaired) electrons. The van der Waals surface area contributed by atoms with Crippen molar-refractivity contribution in [3.63, 3.8) is 0 Å². The van der Waals surface area contributed by atoms with E-state index < -0.39 is 0 Å². The van der Waals surface area contributed by atoms with Gasteiger partial charge in [-0.05, 0) is 47.5 Å². The summed E-state index contributed by atoms with van der Waals surface area (Å²) in [6, 6.07) is 23.1. The van der Waals surface area contributed by atoms with E-state index in [-0.39, 0.29) is 5.91 Å². The van der Waals surface area contributed by atoms with Gasteiger partial charge in [0, 0.05) is 10.6 Å². The number of aromatic nitrogens is 2. The van der Waals surface area contributed by atoms with Gasteiger partial charge in [0.1, 0.15) is 5.69 Å². The van der Waals surface area contributed by atoms with Crippen LogP contribution in [0.2, 0.25) is 5.02 Å². The molecule has 0 aliphatic carbocycles. The number of halogens is 1. The van der Waals surface area contributed by atoms with E-state index in [0.717, 1.165) is 27.6 Å². The molecule has 138 valence electrons. The van der Waals surface area contributed by atoms with Gasteiger partial charge in [-0.3, -0.25) is 9.89 Å². The van der Waals surface area contributed by atoms with E-state index in [1.807, 2.05) is 49.4 Å². The van der Waals surface area contributed by atoms with Crippen molar-refractivity contribution in [1.29, 1.82) is 0 Å². The molecule has 1 amide bonds. The predicted octanol–water partition coefficient (Wildman–Crippen LogP) is 5.04. The zero-order valence-electron chi connectivity index (χ0n) is 15.1. The normalized spacial score (nSPS) is 11.6. The van der Waals surface area contributed by atoms with Crippen molar-refractivity contribution in [3.05, 3.63) is 89.1 Å². The van der Waals surface area contributed by atoms with Gasteiger partial charge in [-0.25, -0.2) is 5.43 Å². The second-order valence-corrected chi connectivity index (χ2v) is 6.81. The lowest BCUT2D eigenvalue weighted by Gasteiger charge is -2.04. The number of hydrazone groups is 1. The number of nitrogens with one attached hydrogen (secondary N) is 2. The average molecular weight is 389 g/mol. The van der Waals surface area contributed by atoms with Crippen LogP contribution in [0.15, 0.2) is 77.9 Å². The molecule has 0 fully saturated rings. The minimum absolute atomic E-state index is 0.333. The van der Waals surface area contributed by atoms with Crippen molar-refractivity contribution < 1.29 is 4.79 Å². The van der Waals surface area contributed by atoms with Crippen molar-refractivity contribution in [2.75, 3.05) is 0 Å². The molecule has 6 heteroatoms. The topological polar surface area (TPSA) is 70.1 Å². The lowest BCUT2D eigenvalue weighted by atomic mass is 10.0. The van der Waals surface area contributed by atoms with E-state index in [1.165, 1.54) is 0 Å². The largest absolute Gasteiger partial charge is 0.289 e. The highest BCUT2D eigenvalue weighted by Gasteiger charge is 2.11. The summed E-state index contributed by atoms with van der Waals surface area (Å²) in [5.41, 5.74) is 6.11. The fourth-order valence-electron chi connectivity index (χ4n) is 2.88. The first-order chi connectivity index (χ1) is 13.6. The minimum Gasteiger partial charge on any atom is -0.272 e. The molecule has 0 saturated heterocycles. The maximum atomic E-state index is 12.4. The first kappa shape index (κ1) is 17.9. The molecule has 4 aromatic rings. The summed E-state index contributed by atoms with van der Waals surface area (Å²) in [6.45, 7) is 1.86. The Morgan fingerprint density at radius 3 is 2.54 bits per heavy atom. The summed E-state index contributed by atoms with van der Waals surface area (Å²) >= 11 is 5.90. The molecule has 0 aliphatic rings. The molecular formula is C22H17ClN4O. The Labute approximate surface area is 167 Å². The van der Waals surface area contributed by atoms with E-state index in [9.17, 15) is 4.79 Å². The van der Waals surface area contributed by atoms with Crippen LogP contribution in [0, 0.1) is 0 Å². The highest BCUT2D eigenvalue weighted by Crippen LogP contribution is 2.20. The third kappa shape index (κ3) is 3.80. The maximum Gasteiger partial charge on any atom is 0.289 e. The first-order valence-corrected chi connectivity index (χ1v) is 9.13. The summed E-state index contributed by atoms with van der Waals surface area (Å²) in [7, 11) is 0. The Bertz CT molecular complexity index is 1180. The number of carbonyl (C=O) groups is 1. The molecule has 28 heavy (non-hydrogen) atoms. The lowest BCUT2D eigenvalue weighted by molar-refractivity contribution is 0.0950. The van der Waals surface area contributed by atoms with E-state index in [2.05, 4.69) is 32.9 Å². The second-order valence-electron chi connectivity index (χ2n) is 6.37. The van der Waals surface area contributed by atoms with Crippen LogP contribution in [0.3, 0.4) is 0 Å². The van der Waals surface area contributed by atoms with Gasteiger partial charge in [-0.1, -0.05) is 60.1 Å².